The van der Waals surface area contributed by atoms with E-state index in [1.165, 1.54) is 24.8 Å². The van der Waals surface area contributed by atoms with Gasteiger partial charge in [0.2, 0.25) is 0 Å². The molecule has 0 aliphatic heterocycles. The quantitative estimate of drug-likeness (QED) is 0.840. The Labute approximate surface area is 96.7 Å². The second-order valence-electron chi connectivity index (χ2n) is 5.04. The normalized spacial score (nSPS) is 33.4. The van der Waals surface area contributed by atoms with Crippen LogP contribution >= 0.6 is 0 Å². The van der Waals surface area contributed by atoms with Gasteiger partial charge in [-0.2, -0.15) is 0 Å². The smallest absolute Gasteiger partial charge is 0.115 e. The molecule has 2 aliphatic rings. The molecule has 3 nitrogen and oxygen atoms in total. The van der Waals surface area contributed by atoms with E-state index in [-0.39, 0.29) is 0 Å². The molecule has 2 fully saturated rings. The van der Waals surface area contributed by atoms with Gasteiger partial charge in [0.1, 0.15) is 6.33 Å². The highest BCUT2D eigenvalue weighted by molar-refractivity contribution is 5.18. The summed E-state index contributed by atoms with van der Waals surface area (Å²) in [7, 11) is 0. The number of hydrogen-bond acceptors (Lipinski definition) is 3. The number of aromatic nitrogens is 2. The van der Waals surface area contributed by atoms with Crippen molar-refractivity contribution in [3.63, 3.8) is 0 Å². The van der Waals surface area contributed by atoms with E-state index in [2.05, 4.69) is 22.2 Å². The molecule has 0 aromatic carbocycles. The Balaban J connectivity index is 1.77. The summed E-state index contributed by atoms with van der Waals surface area (Å²) in [6, 6.07) is 0.488. The monoisotopic (exact) mass is 217 g/mol. The zero-order valence-electron chi connectivity index (χ0n) is 9.76. The van der Waals surface area contributed by atoms with Gasteiger partial charge in [-0.3, -0.25) is 0 Å². The van der Waals surface area contributed by atoms with Crippen molar-refractivity contribution in [3.05, 3.63) is 24.3 Å². The van der Waals surface area contributed by atoms with E-state index in [1.54, 1.807) is 6.33 Å². The highest BCUT2D eigenvalue weighted by Gasteiger charge is 2.55. The van der Waals surface area contributed by atoms with Crippen molar-refractivity contribution in [3.8, 4) is 0 Å². The zero-order chi connectivity index (χ0) is 11.0. The third-order valence-electron chi connectivity index (χ3n) is 4.22. The molecule has 2 aliphatic carbocycles. The van der Waals surface area contributed by atoms with Gasteiger partial charge in [-0.25, -0.2) is 9.97 Å². The lowest BCUT2D eigenvalue weighted by Gasteiger charge is -2.19. The van der Waals surface area contributed by atoms with Crippen LogP contribution in [0.1, 0.15) is 37.8 Å². The van der Waals surface area contributed by atoms with Crippen molar-refractivity contribution in [1.82, 2.24) is 15.3 Å². The maximum atomic E-state index is 4.14. The molecule has 1 N–H and O–H groups in total. The van der Waals surface area contributed by atoms with Gasteiger partial charge < -0.3 is 5.32 Å². The van der Waals surface area contributed by atoms with E-state index < -0.39 is 0 Å². The first-order valence-electron chi connectivity index (χ1n) is 6.40. The van der Waals surface area contributed by atoms with Gasteiger partial charge in [-0.15, -0.1) is 0 Å². The third kappa shape index (κ3) is 1.63. The number of nitrogens with zero attached hydrogens (tertiary/aromatic N) is 2. The van der Waals surface area contributed by atoms with E-state index in [9.17, 15) is 0 Å². The summed E-state index contributed by atoms with van der Waals surface area (Å²) in [4.78, 5) is 8.28. The third-order valence-corrected chi connectivity index (χ3v) is 4.22. The molecule has 3 rings (SSSR count). The topological polar surface area (TPSA) is 37.8 Å². The molecular weight excluding hydrogens is 198 g/mol. The van der Waals surface area contributed by atoms with E-state index in [1.807, 2.05) is 12.4 Å². The molecule has 86 valence electrons. The van der Waals surface area contributed by atoms with Crippen LogP contribution in [-0.2, 0) is 0 Å². The van der Waals surface area contributed by atoms with Crippen molar-refractivity contribution in [2.24, 2.45) is 17.8 Å². The van der Waals surface area contributed by atoms with Crippen LogP contribution in [0.15, 0.2) is 18.7 Å². The van der Waals surface area contributed by atoms with Crippen molar-refractivity contribution in [2.45, 2.75) is 32.2 Å². The van der Waals surface area contributed by atoms with Crippen molar-refractivity contribution in [2.75, 3.05) is 6.54 Å². The van der Waals surface area contributed by atoms with Crippen LogP contribution in [0.3, 0.4) is 0 Å². The molecule has 2 saturated carbocycles. The van der Waals surface area contributed by atoms with E-state index in [0.717, 1.165) is 24.3 Å². The minimum absolute atomic E-state index is 0.488. The van der Waals surface area contributed by atoms with Crippen LogP contribution in [0.5, 0.6) is 0 Å². The van der Waals surface area contributed by atoms with Crippen LogP contribution in [0.2, 0.25) is 0 Å². The van der Waals surface area contributed by atoms with Crippen molar-refractivity contribution in [1.29, 1.82) is 0 Å². The predicted octanol–water partition coefficient (Wildman–Crippen LogP) is 2.17. The summed E-state index contributed by atoms with van der Waals surface area (Å²) in [6.45, 7) is 3.20. The Bertz CT molecular complexity index is 341. The van der Waals surface area contributed by atoms with Crippen LogP contribution in [0.4, 0.5) is 0 Å². The van der Waals surface area contributed by atoms with Crippen molar-refractivity contribution < 1.29 is 0 Å². The van der Waals surface area contributed by atoms with E-state index in [0.29, 0.717) is 6.04 Å². The summed E-state index contributed by atoms with van der Waals surface area (Å²) in [5.41, 5.74) is 1.27. The maximum absolute atomic E-state index is 4.14. The van der Waals surface area contributed by atoms with Crippen molar-refractivity contribution >= 4 is 0 Å². The standard InChI is InChI=1S/C13H19N3/c1-2-16-13(9-6-14-8-15-7-9)12-10-4-3-5-11(10)12/h6-8,10-13,16H,2-5H2,1H3. The second-order valence-corrected chi connectivity index (χ2v) is 5.04. The number of nitrogens with one attached hydrogen (secondary N) is 1. The fraction of sp³-hybridized carbons (Fsp3) is 0.692. The Kier molecular flexibility index (Phi) is 2.64. The van der Waals surface area contributed by atoms with Crippen LogP contribution < -0.4 is 5.32 Å². The second kappa shape index (κ2) is 4.13. The maximum Gasteiger partial charge on any atom is 0.115 e. The fourth-order valence-electron chi connectivity index (χ4n) is 3.54. The van der Waals surface area contributed by atoms with E-state index in [4.69, 9.17) is 0 Å². The summed E-state index contributed by atoms with van der Waals surface area (Å²) in [6.07, 6.45) is 9.86. The van der Waals surface area contributed by atoms with E-state index >= 15 is 0 Å². The predicted molar refractivity (Wildman–Crippen MR) is 62.8 cm³/mol. The van der Waals surface area contributed by atoms with Crippen LogP contribution in [-0.4, -0.2) is 16.5 Å². The summed E-state index contributed by atoms with van der Waals surface area (Å²) in [5, 5.41) is 3.61. The molecule has 1 heterocycles. The molecule has 1 aromatic rings. The number of rotatable bonds is 4. The lowest BCUT2D eigenvalue weighted by atomic mass is 9.99. The lowest BCUT2D eigenvalue weighted by molar-refractivity contribution is 0.424. The largest absolute Gasteiger partial charge is 0.310 e. The first-order valence-corrected chi connectivity index (χ1v) is 6.40. The summed E-state index contributed by atoms with van der Waals surface area (Å²) in [5.74, 6) is 2.80. The number of hydrogen-bond donors (Lipinski definition) is 1. The molecule has 1 aromatic heterocycles. The van der Waals surface area contributed by atoms with Crippen LogP contribution in [0, 0.1) is 17.8 Å². The Hall–Kier alpha value is -0.960. The first-order chi connectivity index (χ1) is 7.92. The SMILES string of the molecule is CCNC(c1cncnc1)C1C2CCCC21. The fourth-order valence-corrected chi connectivity index (χ4v) is 3.54. The highest BCUT2D eigenvalue weighted by Crippen LogP contribution is 2.62. The van der Waals surface area contributed by atoms with Crippen LogP contribution in [0.25, 0.3) is 0 Å². The molecule has 3 atom stereocenters. The molecular formula is C13H19N3. The number of fused-ring (bicyclic) bond motifs is 1. The van der Waals surface area contributed by atoms with Gasteiger partial charge in [0, 0.05) is 24.0 Å². The lowest BCUT2D eigenvalue weighted by Crippen LogP contribution is -2.24. The molecule has 0 amide bonds. The Morgan fingerprint density at radius 3 is 2.62 bits per heavy atom. The average molecular weight is 217 g/mol. The van der Waals surface area contributed by atoms with Gasteiger partial charge in [0.15, 0.2) is 0 Å². The van der Waals surface area contributed by atoms with Gasteiger partial charge in [-0.1, -0.05) is 13.3 Å². The zero-order valence-corrected chi connectivity index (χ0v) is 9.76. The Morgan fingerprint density at radius 1 is 1.31 bits per heavy atom. The minimum atomic E-state index is 0.488. The molecule has 3 unspecified atom stereocenters. The summed E-state index contributed by atoms with van der Waals surface area (Å²) < 4.78 is 0. The first kappa shape index (κ1) is 10.2. The Morgan fingerprint density at radius 2 is 2.00 bits per heavy atom. The van der Waals surface area contributed by atoms with Gasteiger partial charge in [-0.05, 0) is 37.1 Å². The average Bonchev–Trinajstić information content (AvgIpc) is 2.80. The van der Waals surface area contributed by atoms with Gasteiger partial charge in [0.25, 0.3) is 0 Å². The van der Waals surface area contributed by atoms with Gasteiger partial charge >= 0.3 is 0 Å². The minimum Gasteiger partial charge on any atom is -0.310 e. The highest BCUT2D eigenvalue weighted by atomic mass is 14.9. The molecule has 3 heteroatoms. The molecule has 0 saturated heterocycles. The molecule has 0 bridgehead atoms. The molecule has 0 radical (unpaired) electrons. The van der Waals surface area contributed by atoms with Gasteiger partial charge in [0.05, 0.1) is 0 Å². The molecule has 16 heavy (non-hydrogen) atoms. The molecule has 0 spiro atoms. The summed E-state index contributed by atoms with van der Waals surface area (Å²) >= 11 is 0.